The van der Waals surface area contributed by atoms with E-state index in [4.69, 9.17) is 12.2 Å². The van der Waals surface area contributed by atoms with Crippen molar-refractivity contribution < 1.29 is 4.79 Å². The zero-order chi connectivity index (χ0) is 13.3. The summed E-state index contributed by atoms with van der Waals surface area (Å²) in [7, 11) is 3.28. The third kappa shape index (κ3) is 2.94. The number of hydrogen-bond donors (Lipinski definition) is 0. The Kier molecular flexibility index (Phi) is 3.80. The van der Waals surface area contributed by atoms with E-state index in [9.17, 15) is 4.79 Å². The Balaban J connectivity index is 2.31. The lowest BCUT2D eigenvalue weighted by Gasteiger charge is -2.16. The van der Waals surface area contributed by atoms with Gasteiger partial charge in [0.05, 0.1) is 0 Å². The molecule has 0 amide bonds. The summed E-state index contributed by atoms with van der Waals surface area (Å²) in [5.74, 6) is 0.173. The van der Waals surface area contributed by atoms with Crippen LogP contribution in [0.3, 0.4) is 0 Å². The molecule has 0 fully saturated rings. The quantitative estimate of drug-likeness (QED) is 0.417. The molecule has 0 saturated heterocycles. The number of benzene rings is 1. The van der Waals surface area contributed by atoms with E-state index < -0.39 is 0 Å². The second-order valence-corrected chi connectivity index (χ2v) is 8.06. The number of rotatable bonds is 2. The van der Waals surface area contributed by atoms with E-state index in [0.29, 0.717) is 0 Å². The maximum atomic E-state index is 12.1. The Labute approximate surface area is 120 Å². The van der Waals surface area contributed by atoms with Crippen molar-refractivity contribution in [2.24, 2.45) is 5.41 Å². The van der Waals surface area contributed by atoms with Crippen molar-refractivity contribution in [3.63, 3.8) is 0 Å². The fourth-order valence-corrected chi connectivity index (χ4v) is 3.99. The molecule has 0 aliphatic heterocycles. The molecular formula is C14H14OS3. The van der Waals surface area contributed by atoms with Gasteiger partial charge in [-0.05, 0) is 11.6 Å². The average Bonchev–Trinajstić information content (AvgIpc) is 2.74. The largest absolute Gasteiger partial charge is 0.294 e. The first kappa shape index (κ1) is 13.6. The Hall–Kier alpha value is -0.840. The number of hydrogen-bond acceptors (Lipinski definition) is 4. The first-order chi connectivity index (χ1) is 8.38. The van der Waals surface area contributed by atoms with Gasteiger partial charge in [-0.25, -0.2) is 0 Å². The van der Waals surface area contributed by atoms with Crippen LogP contribution in [-0.4, -0.2) is 5.78 Å². The van der Waals surface area contributed by atoms with E-state index >= 15 is 0 Å². The minimum absolute atomic E-state index is 0.173. The summed E-state index contributed by atoms with van der Waals surface area (Å²) in [6.07, 6.45) is 0. The van der Waals surface area contributed by atoms with Crippen molar-refractivity contribution in [1.82, 2.24) is 0 Å². The molecule has 2 rings (SSSR count). The predicted octanol–water partition coefficient (Wildman–Crippen LogP) is 5.43. The van der Waals surface area contributed by atoms with Crippen LogP contribution in [0.4, 0.5) is 0 Å². The highest BCUT2D eigenvalue weighted by Gasteiger charge is 2.22. The van der Waals surface area contributed by atoms with E-state index in [1.807, 2.05) is 51.1 Å². The summed E-state index contributed by atoms with van der Waals surface area (Å²) in [5, 5.41) is 0. The van der Waals surface area contributed by atoms with Gasteiger partial charge >= 0.3 is 0 Å². The summed E-state index contributed by atoms with van der Waals surface area (Å²) in [6, 6.07) is 9.79. The first-order valence-electron chi connectivity index (χ1n) is 5.63. The highest BCUT2D eigenvalue weighted by molar-refractivity contribution is 7.80. The smallest absolute Gasteiger partial charge is 0.168 e. The van der Waals surface area contributed by atoms with Crippen molar-refractivity contribution in [2.75, 3.05) is 0 Å². The van der Waals surface area contributed by atoms with Gasteiger partial charge in [-0.3, -0.25) is 4.79 Å². The molecule has 0 unspecified atom stereocenters. The van der Waals surface area contributed by atoms with E-state index in [1.54, 1.807) is 20.7 Å². The zero-order valence-electron chi connectivity index (χ0n) is 10.5. The van der Waals surface area contributed by atoms with Gasteiger partial charge in [-0.1, -0.05) is 77.9 Å². The summed E-state index contributed by atoms with van der Waals surface area (Å²) in [6.45, 7) is 5.81. The van der Waals surface area contributed by atoms with Crippen LogP contribution in [0.25, 0.3) is 10.4 Å². The molecule has 0 bridgehead atoms. The molecule has 0 aliphatic rings. The van der Waals surface area contributed by atoms with E-state index in [2.05, 4.69) is 0 Å². The average molecular weight is 294 g/mol. The van der Waals surface area contributed by atoms with Crippen molar-refractivity contribution >= 4 is 38.7 Å². The van der Waals surface area contributed by atoms with Gasteiger partial charge < -0.3 is 0 Å². The van der Waals surface area contributed by atoms with Crippen LogP contribution in [0.2, 0.25) is 0 Å². The number of Topliss-reactive ketones (excluding diaryl/α,β-unsaturated/α-hetero) is 1. The molecule has 0 N–H and O–H groups in total. The van der Waals surface area contributed by atoms with Gasteiger partial charge in [0, 0.05) is 15.9 Å². The standard InChI is InChI=1S/C14H14OS3/c1-14(2,3)13(15)10-6-4-9(5-7-10)11-8-12(16)18-17-11/h4-8H,1-3H3. The molecule has 4 heteroatoms. The van der Waals surface area contributed by atoms with Crippen molar-refractivity contribution in [3.8, 4) is 10.4 Å². The van der Waals surface area contributed by atoms with Gasteiger partial charge in [0.2, 0.25) is 0 Å². The Bertz CT molecular complexity index is 611. The monoisotopic (exact) mass is 294 g/mol. The molecular weight excluding hydrogens is 280 g/mol. The lowest BCUT2D eigenvalue weighted by atomic mass is 9.86. The fourth-order valence-electron chi connectivity index (χ4n) is 1.59. The first-order valence-corrected chi connectivity index (χ1v) is 8.19. The third-order valence-corrected chi connectivity index (χ3v) is 5.49. The van der Waals surface area contributed by atoms with E-state index in [0.717, 1.165) is 15.0 Å². The highest BCUT2D eigenvalue weighted by Crippen LogP contribution is 2.30. The molecule has 0 atom stereocenters. The maximum absolute atomic E-state index is 12.1. The van der Waals surface area contributed by atoms with Crippen LogP contribution in [-0.2, 0) is 0 Å². The predicted molar refractivity (Wildman–Crippen MR) is 82.3 cm³/mol. The second-order valence-electron chi connectivity index (χ2n) is 5.15. The SMILES string of the molecule is CC(C)(C)C(=O)c1ccc(-c2cc(=S)ss2)cc1. The molecule has 1 aromatic carbocycles. The minimum Gasteiger partial charge on any atom is -0.294 e. The normalized spacial score (nSPS) is 11.5. The maximum Gasteiger partial charge on any atom is 0.168 e. The minimum atomic E-state index is -0.333. The van der Waals surface area contributed by atoms with Gasteiger partial charge in [-0.2, -0.15) is 0 Å². The van der Waals surface area contributed by atoms with Crippen molar-refractivity contribution in [3.05, 3.63) is 39.7 Å². The number of carbonyl (C=O) groups is 1. The Morgan fingerprint density at radius 1 is 1.11 bits per heavy atom. The molecule has 0 spiro atoms. The number of ketones is 1. The summed E-state index contributed by atoms with van der Waals surface area (Å²) < 4.78 is 0.907. The molecule has 2 aromatic rings. The zero-order valence-corrected chi connectivity index (χ0v) is 13.0. The molecule has 1 nitrogen and oxygen atoms in total. The van der Waals surface area contributed by atoms with E-state index in [-0.39, 0.29) is 11.2 Å². The summed E-state index contributed by atoms with van der Waals surface area (Å²) in [4.78, 5) is 13.3. The molecule has 94 valence electrons. The molecule has 0 saturated carbocycles. The van der Waals surface area contributed by atoms with Gasteiger partial charge in [-0.15, -0.1) is 0 Å². The van der Waals surface area contributed by atoms with Crippen LogP contribution in [0, 0.1) is 9.24 Å². The fraction of sp³-hybridized carbons (Fsp3) is 0.286. The molecule has 1 aromatic heterocycles. The van der Waals surface area contributed by atoms with E-state index in [1.165, 1.54) is 4.88 Å². The third-order valence-electron chi connectivity index (χ3n) is 2.58. The molecule has 0 aliphatic carbocycles. The summed E-state index contributed by atoms with van der Waals surface area (Å²) in [5.41, 5.74) is 1.56. The lowest BCUT2D eigenvalue weighted by molar-refractivity contribution is 0.0858. The van der Waals surface area contributed by atoms with Crippen LogP contribution in [0.5, 0.6) is 0 Å². The topological polar surface area (TPSA) is 17.1 Å². The van der Waals surface area contributed by atoms with Gasteiger partial charge in [0.1, 0.15) is 3.82 Å². The van der Waals surface area contributed by atoms with Gasteiger partial charge in [0.25, 0.3) is 0 Å². The Morgan fingerprint density at radius 3 is 2.17 bits per heavy atom. The summed E-state index contributed by atoms with van der Waals surface area (Å²) >= 11 is 5.12. The van der Waals surface area contributed by atoms with Crippen LogP contribution in [0.15, 0.2) is 30.3 Å². The molecule has 1 heterocycles. The molecule has 18 heavy (non-hydrogen) atoms. The van der Waals surface area contributed by atoms with Crippen molar-refractivity contribution in [1.29, 1.82) is 0 Å². The van der Waals surface area contributed by atoms with Crippen molar-refractivity contribution in [2.45, 2.75) is 20.8 Å². The highest BCUT2D eigenvalue weighted by atomic mass is 32.9. The lowest BCUT2D eigenvalue weighted by Crippen LogP contribution is -2.19. The number of carbonyl (C=O) groups excluding carboxylic acids is 1. The van der Waals surface area contributed by atoms with Crippen LogP contribution < -0.4 is 0 Å². The van der Waals surface area contributed by atoms with Crippen LogP contribution >= 0.6 is 32.9 Å². The molecule has 0 radical (unpaired) electrons. The second kappa shape index (κ2) is 5.03. The van der Waals surface area contributed by atoms with Gasteiger partial charge in [0.15, 0.2) is 5.78 Å². The van der Waals surface area contributed by atoms with Crippen LogP contribution in [0.1, 0.15) is 31.1 Å². The Morgan fingerprint density at radius 2 is 1.72 bits per heavy atom.